The quantitative estimate of drug-likeness (QED) is 0.770. The molecule has 1 unspecified atom stereocenters. The molecule has 0 bridgehead atoms. The fourth-order valence-corrected chi connectivity index (χ4v) is 3.60. The molecule has 0 aliphatic rings. The number of nitrogens with zero attached hydrogens (tertiary/aromatic N) is 3. The van der Waals surface area contributed by atoms with Crippen molar-refractivity contribution >= 4 is 39.3 Å². The third-order valence-corrected chi connectivity index (χ3v) is 5.13. The van der Waals surface area contributed by atoms with Gasteiger partial charge in [-0.2, -0.15) is 5.10 Å². The van der Waals surface area contributed by atoms with Crippen molar-refractivity contribution in [3.05, 3.63) is 16.6 Å². The van der Waals surface area contributed by atoms with E-state index in [2.05, 4.69) is 10.4 Å². The minimum Gasteiger partial charge on any atom is -0.481 e. The van der Waals surface area contributed by atoms with Gasteiger partial charge in [-0.15, -0.1) is 11.3 Å². The van der Waals surface area contributed by atoms with Gasteiger partial charge in [-0.3, -0.25) is 19.1 Å². The second-order valence-corrected chi connectivity index (χ2v) is 6.83. The predicted octanol–water partition coefficient (Wildman–Crippen LogP) is 1.38. The lowest BCUT2D eigenvalue weighted by atomic mass is 10.2. The molecule has 25 heavy (non-hydrogen) atoms. The normalized spacial score (nSPS) is 12.2. The number of aryl methyl sites for hydroxylation is 2. The maximum atomic E-state index is 12.4. The first-order valence-corrected chi connectivity index (χ1v) is 8.80. The summed E-state index contributed by atoms with van der Waals surface area (Å²) >= 11 is 1.32. The number of thiophene rings is 1. The Morgan fingerprint density at radius 3 is 2.68 bits per heavy atom. The van der Waals surface area contributed by atoms with E-state index in [1.807, 2.05) is 14.0 Å². The number of carbonyl (C=O) groups excluding carboxylic acids is 2. The zero-order valence-electron chi connectivity index (χ0n) is 14.7. The Kier molecular flexibility index (Phi) is 5.78. The van der Waals surface area contributed by atoms with Crippen LogP contribution in [0.25, 0.3) is 10.2 Å². The van der Waals surface area contributed by atoms with Crippen LogP contribution in [0.4, 0.5) is 0 Å². The summed E-state index contributed by atoms with van der Waals surface area (Å²) < 4.78 is 1.73. The molecule has 0 saturated carbocycles. The minimum absolute atomic E-state index is 0.122. The summed E-state index contributed by atoms with van der Waals surface area (Å²) in [5.74, 6) is -1.58. The molecule has 0 radical (unpaired) electrons. The first-order chi connectivity index (χ1) is 11.7. The van der Waals surface area contributed by atoms with Crippen LogP contribution in [0.2, 0.25) is 0 Å². The maximum absolute atomic E-state index is 12.4. The molecule has 2 aromatic heterocycles. The predicted molar refractivity (Wildman–Crippen MR) is 94.8 cm³/mol. The molecular weight excluding hydrogens is 344 g/mol. The summed E-state index contributed by atoms with van der Waals surface area (Å²) in [7, 11) is 1.82. The molecule has 9 heteroatoms. The molecule has 2 N–H and O–H groups in total. The largest absolute Gasteiger partial charge is 0.481 e. The summed E-state index contributed by atoms with van der Waals surface area (Å²) in [5, 5.41) is 16.7. The minimum atomic E-state index is -0.961. The van der Waals surface area contributed by atoms with Crippen LogP contribution in [-0.4, -0.2) is 56.7 Å². The standard InChI is InChI=1S/C16H22N4O4S/c1-5-20(7-6-13(21)22)15(24)10(3)17-14(23)12-8-11-9(2)18-19(4)16(11)25-12/h8,10H,5-7H2,1-4H3,(H,17,23)(H,21,22). The van der Waals surface area contributed by atoms with E-state index in [4.69, 9.17) is 5.11 Å². The van der Waals surface area contributed by atoms with Crippen molar-refractivity contribution in [1.29, 1.82) is 0 Å². The number of carbonyl (C=O) groups is 3. The van der Waals surface area contributed by atoms with Crippen molar-refractivity contribution in [2.75, 3.05) is 13.1 Å². The molecule has 2 heterocycles. The first-order valence-electron chi connectivity index (χ1n) is 7.99. The highest BCUT2D eigenvalue weighted by Gasteiger charge is 2.23. The van der Waals surface area contributed by atoms with Crippen LogP contribution in [0.3, 0.4) is 0 Å². The zero-order valence-corrected chi connectivity index (χ0v) is 15.5. The zero-order chi connectivity index (χ0) is 18.7. The summed E-state index contributed by atoms with van der Waals surface area (Å²) in [6, 6.07) is 1.04. The number of carboxylic acid groups (broad SMARTS) is 1. The smallest absolute Gasteiger partial charge is 0.305 e. The highest BCUT2D eigenvalue weighted by atomic mass is 32.1. The van der Waals surface area contributed by atoms with Crippen LogP contribution in [0.5, 0.6) is 0 Å². The van der Waals surface area contributed by atoms with E-state index in [9.17, 15) is 14.4 Å². The topological polar surface area (TPSA) is 105 Å². The number of hydrogen-bond acceptors (Lipinski definition) is 5. The van der Waals surface area contributed by atoms with Gasteiger partial charge in [0, 0.05) is 25.5 Å². The number of hydrogen-bond donors (Lipinski definition) is 2. The van der Waals surface area contributed by atoms with E-state index >= 15 is 0 Å². The summed E-state index contributed by atoms with van der Waals surface area (Å²) in [6.07, 6.45) is -0.122. The molecule has 136 valence electrons. The van der Waals surface area contributed by atoms with Gasteiger partial charge in [0.2, 0.25) is 5.91 Å². The van der Waals surface area contributed by atoms with Gasteiger partial charge in [0.15, 0.2) is 0 Å². The Hall–Kier alpha value is -2.42. The average molecular weight is 366 g/mol. The van der Waals surface area contributed by atoms with Crippen LogP contribution < -0.4 is 5.32 Å². The van der Waals surface area contributed by atoms with Crippen LogP contribution in [0.1, 0.15) is 35.6 Å². The van der Waals surface area contributed by atoms with E-state index < -0.39 is 12.0 Å². The summed E-state index contributed by atoms with van der Waals surface area (Å²) in [4.78, 5) is 38.3. The molecular formula is C16H22N4O4S. The number of rotatable bonds is 7. The van der Waals surface area contributed by atoms with E-state index in [1.165, 1.54) is 16.2 Å². The number of likely N-dealkylation sites (N-methyl/N-ethyl adjacent to an activating group) is 1. The van der Waals surface area contributed by atoms with E-state index in [1.54, 1.807) is 24.6 Å². The maximum Gasteiger partial charge on any atom is 0.305 e. The fourth-order valence-electron chi connectivity index (χ4n) is 2.58. The average Bonchev–Trinajstić information content (AvgIpc) is 3.09. The number of nitrogens with one attached hydrogen (secondary N) is 1. The number of carboxylic acids is 1. The lowest BCUT2D eigenvalue weighted by Gasteiger charge is -2.24. The van der Waals surface area contributed by atoms with Gasteiger partial charge in [-0.25, -0.2) is 0 Å². The number of amides is 2. The number of aliphatic carboxylic acids is 1. The Morgan fingerprint density at radius 2 is 2.12 bits per heavy atom. The van der Waals surface area contributed by atoms with Crippen molar-refractivity contribution in [1.82, 2.24) is 20.0 Å². The van der Waals surface area contributed by atoms with Gasteiger partial charge in [0.1, 0.15) is 10.9 Å². The van der Waals surface area contributed by atoms with Crippen LogP contribution in [0.15, 0.2) is 6.07 Å². The molecule has 0 aliphatic carbocycles. The van der Waals surface area contributed by atoms with Crippen molar-refractivity contribution in [2.24, 2.45) is 7.05 Å². The second kappa shape index (κ2) is 7.64. The Bertz CT molecular complexity index is 776. The SMILES string of the molecule is CCN(CCC(=O)O)C(=O)C(C)NC(=O)c1cc2c(C)nn(C)c2s1. The van der Waals surface area contributed by atoms with Crippen LogP contribution >= 0.6 is 11.3 Å². The van der Waals surface area contributed by atoms with Crippen molar-refractivity contribution in [3.8, 4) is 0 Å². The lowest BCUT2D eigenvalue weighted by molar-refractivity contribution is -0.138. The van der Waals surface area contributed by atoms with Gasteiger partial charge in [0.25, 0.3) is 5.91 Å². The Labute approximate surface area is 149 Å². The second-order valence-electron chi connectivity index (χ2n) is 5.80. The van der Waals surface area contributed by atoms with Gasteiger partial charge >= 0.3 is 5.97 Å². The van der Waals surface area contributed by atoms with Crippen LogP contribution in [-0.2, 0) is 16.6 Å². The molecule has 2 amide bonds. The molecule has 8 nitrogen and oxygen atoms in total. The third-order valence-electron chi connectivity index (χ3n) is 3.93. The molecule has 0 spiro atoms. The van der Waals surface area contributed by atoms with E-state index in [0.717, 1.165) is 15.9 Å². The monoisotopic (exact) mass is 366 g/mol. The molecule has 2 rings (SSSR count). The van der Waals surface area contributed by atoms with Gasteiger partial charge in [-0.05, 0) is 26.8 Å². The van der Waals surface area contributed by atoms with Crippen LogP contribution in [0, 0.1) is 6.92 Å². The molecule has 1 atom stereocenters. The highest BCUT2D eigenvalue weighted by molar-refractivity contribution is 7.20. The van der Waals surface area contributed by atoms with Crippen molar-refractivity contribution in [3.63, 3.8) is 0 Å². The number of fused-ring (bicyclic) bond motifs is 1. The first kappa shape index (κ1) is 18.9. The summed E-state index contributed by atoms with van der Waals surface area (Å²) in [5.41, 5.74) is 0.850. The fraction of sp³-hybridized carbons (Fsp3) is 0.500. The van der Waals surface area contributed by atoms with Crippen molar-refractivity contribution < 1.29 is 19.5 Å². The summed E-state index contributed by atoms with van der Waals surface area (Å²) in [6.45, 7) is 5.77. The van der Waals surface area contributed by atoms with E-state index in [-0.39, 0.29) is 24.8 Å². The van der Waals surface area contributed by atoms with Gasteiger partial charge < -0.3 is 15.3 Å². The van der Waals surface area contributed by atoms with Crippen molar-refractivity contribution in [2.45, 2.75) is 33.2 Å². The van der Waals surface area contributed by atoms with E-state index in [0.29, 0.717) is 11.4 Å². The molecule has 2 aromatic rings. The lowest BCUT2D eigenvalue weighted by Crippen LogP contribution is -2.47. The highest BCUT2D eigenvalue weighted by Crippen LogP contribution is 2.27. The van der Waals surface area contributed by atoms with Gasteiger partial charge in [-0.1, -0.05) is 0 Å². The molecule has 0 aliphatic heterocycles. The third kappa shape index (κ3) is 4.16. The molecule has 0 aromatic carbocycles. The molecule has 0 fully saturated rings. The Morgan fingerprint density at radius 1 is 1.44 bits per heavy atom. The van der Waals surface area contributed by atoms with Gasteiger partial charge in [0.05, 0.1) is 17.0 Å². The number of aromatic nitrogens is 2. The molecule has 0 saturated heterocycles. The Balaban J connectivity index is 2.05.